The van der Waals surface area contributed by atoms with E-state index >= 15 is 0 Å². The fourth-order valence-corrected chi connectivity index (χ4v) is 6.21. The van der Waals surface area contributed by atoms with Crippen LogP contribution in [0.25, 0.3) is 5.69 Å². The standard InChI is InChI=1S/C24H27N3O4S/c1-3-31-18-6-9-20(10-7-18)32(28,29)26-15-12-24(13-16-26)23-5-4-14-27(23)22-11-8-19(30-2)17-21(22)25-24/h4-11,14,17,25H,3,12-13,15-16H2,1-2H3. The Morgan fingerprint density at radius 3 is 2.44 bits per heavy atom. The van der Waals surface area contributed by atoms with E-state index in [1.807, 2.05) is 31.2 Å². The lowest BCUT2D eigenvalue weighted by Crippen LogP contribution is -2.50. The van der Waals surface area contributed by atoms with Gasteiger partial charge in [-0.05, 0) is 68.3 Å². The Bertz CT molecular complexity index is 1230. The third-order valence-electron chi connectivity index (χ3n) is 6.42. The molecule has 1 aromatic heterocycles. The number of hydrogen-bond acceptors (Lipinski definition) is 5. The van der Waals surface area contributed by atoms with Crippen LogP contribution in [0.15, 0.2) is 65.7 Å². The molecule has 2 aliphatic rings. The number of ether oxygens (including phenoxy) is 2. The molecule has 5 rings (SSSR count). The van der Waals surface area contributed by atoms with Gasteiger partial charge in [-0.3, -0.25) is 0 Å². The lowest BCUT2D eigenvalue weighted by Gasteiger charge is -2.46. The summed E-state index contributed by atoms with van der Waals surface area (Å²) in [5, 5.41) is 3.72. The number of fused-ring (bicyclic) bond motifs is 4. The quantitative estimate of drug-likeness (QED) is 0.632. The van der Waals surface area contributed by atoms with Gasteiger partial charge in [0.2, 0.25) is 10.0 Å². The summed E-state index contributed by atoms with van der Waals surface area (Å²) in [6.07, 6.45) is 3.40. The van der Waals surface area contributed by atoms with Gasteiger partial charge in [0.05, 0.1) is 35.5 Å². The molecule has 2 aliphatic heterocycles. The van der Waals surface area contributed by atoms with Gasteiger partial charge in [0.1, 0.15) is 11.5 Å². The van der Waals surface area contributed by atoms with Crippen molar-refractivity contribution in [2.75, 3.05) is 32.1 Å². The Morgan fingerprint density at radius 2 is 1.75 bits per heavy atom. The van der Waals surface area contributed by atoms with Gasteiger partial charge in [0.15, 0.2) is 0 Å². The van der Waals surface area contributed by atoms with Crippen LogP contribution >= 0.6 is 0 Å². The highest BCUT2D eigenvalue weighted by Crippen LogP contribution is 2.45. The SMILES string of the molecule is CCOc1ccc(S(=O)(=O)N2CCC3(CC2)Nc2cc(OC)ccc2-n2cccc23)cc1. The molecule has 2 aromatic carbocycles. The van der Waals surface area contributed by atoms with Crippen molar-refractivity contribution in [3.63, 3.8) is 0 Å². The van der Waals surface area contributed by atoms with Crippen molar-refractivity contribution in [1.82, 2.24) is 8.87 Å². The van der Waals surface area contributed by atoms with Crippen molar-refractivity contribution in [3.8, 4) is 17.2 Å². The molecule has 1 spiro atoms. The zero-order valence-corrected chi connectivity index (χ0v) is 19.1. The van der Waals surface area contributed by atoms with E-state index in [1.54, 1.807) is 35.7 Å². The third-order valence-corrected chi connectivity index (χ3v) is 8.34. The molecule has 0 unspecified atom stereocenters. The van der Waals surface area contributed by atoms with Crippen LogP contribution in [-0.2, 0) is 15.6 Å². The van der Waals surface area contributed by atoms with Crippen LogP contribution in [0.5, 0.6) is 11.5 Å². The Labute approximate surface area is 188 Å². The van der Waals surface area contributed by atoms with E-state index in [1.165, 1.54) is 0 Å². The summed E-state index contributed by atoms with van der Waals surface area (Å²) in [5.74, 6) is 1.46. The summed E-state index contributed by atoms with van der Waals surface area (Å²) in [5.41, 5.74) is 2.90. The van der Waals surface area contributed by atoms with Crippen LogP contribution in [0.3, 0.4) is 0 Å². The molecule has 1 N–H and O–H groups in total. The molecule has 8 heteroatoms. The molecule has 32 heavy (non-hydrogen) atoms. The molecule has 0 amide bonds. The number of benzene rings is 2. The van der Waals surface area contributed by atoms with Gasteiger partial charge in [0, 0.05) is 31.0 Å². The molecule has 0 saturated carbocycles. The zero-order chi connectivity index (χ0) is 22.3. The van der Waals surface area contributed by atoms with Crippen molar-refractivity contribution in [2.45, 2.75) is 30.2 Å². The molecule has 1 saturated heterocycles. The first-order chi connectivity index (χ1) is 15.5. The number of rotatable bonds is 5. The average Bonchev–Trinajstić information content (AvgIpc) is 3.31. The maximum atomic E-state index is 13.2. The average molecular weight is 454 g/mol. The van der Waals surface area contributed by atoms with Crippen molar-refractivity contribution in [1.29, 1.82) is 0 Å². The largest absolute Gasteiger partial charge is 0.497 e. The number of hydrogen-bond donors (Lipinski definition) is 1. The van der Waals surface area contributed by atoms with Crippen LogP contribution in [0.2, 0.25) is 0 Å². The molecule has 3 aromatic rings. The fraction of sp³-hybridized carbons (Fsp3) is 0.333. The number of sulfonamides is 1. The first-order valence-corrected chi connectivity index (χ1v) is 12.3. The maximum Gasteiger partial charge on any atom is 0.243 e. The smallest absolute Gasteiger partial charge is 0.243 e. The highest BCUT2D eigenvalue weighted by atomic mass is 32.2. The molecule has 1 fully saturated rings. The molecule has 0 radical (unpaired) electrons. The lowest BCUT2D eigenvalue weighted by molar-refractivity contribution is 0.247. The van der Waals surface area contributed by atoms with E-state index in [-0.39, 0.29) is 5.54 Å². The molecule has 7 nitrogen and oxygen atoms in total. The predicted molar refractivity (Wildman–Crippen MR) is 123 cm³/mol. The minimum atomic E-state index is -3.56. The molecule has 3 heterocycles. The molecule has 0 bridgehead atoms. The Balaban J connectivity index is 1.40. The minimum Gasteiger partial charge on any atom is -0.497 e. The van der Waals surface area contributed by atoms with Gasteiger partial charge in [0.25, 0.3) is 0 Å². The van der Waals surface area contributed by atoms with Crippen molar-refractivity contribution >= 4 is 15.7 Å². The molecular formula is C24H27N3O4S. The summed E-state index contributed by atoms with van der Waals surface area (Å²) in [6.45, 7) is 3.32. The fourth-order valence-electron chi connectivity index (χ4n) is 4.77. The highest BCUT2D eigenvalue weighted by molar-refractivity contribution is 7.89. The van der Waals surface area contributed by atoms with E-state index in [2.05, 4.69) is 22.1 Å². The topological polar surface area (TPSA) is 72.8 Å². The Morgan fingerprint density at radius 1 is 1.03 bits per heavy atom. The summed E-state index contributed by atoms with van der Waals surface area (Å²) in [4.78, 5) is 0.298. The van der Waals surface area contributed by atoms with Crippen LogP contribution in [0, 0.1) is 0 Å². The third kappa shape index (κ3) is 3.34. The van der Waals surface area contributed by atoms with Crippen LogP contribution in [-0.4, -0.2) is 44.1 Å². The second-order valence-corrected chi connectivity index (χ2v) is 10.1. The van der Waals surface area contributed by atoms with E-state index in [0.29, 0.717) is 43.2 Å². The number of aromatic nitrogens is 1. The first-order valence-electron chi connectivity index (χ1n) is 10.8. The Hall–Kier alpha value is -2.97. The predicted octanol–water partition coefficient (Wildman–Crippen LogP) is 3.99. The summed E-state index contributed by atoms with van der Waals surface area (Å²) >= 11 is 0. The van der Waals surface area contributed by atoms with Crippen LogP contribution in [0.4, 0.5) is 5.69 Å². The molecular weight excluding hydrogens is 426 g/mol. The van der Waals surface area contributed by atoms with E-state index < -0.39 is 10.0 Å². The summed E-state index contributed by atoms with van der Waals surface area (Å²) in [7, 11) is -1.90. The van der Waals surface area contributed by atoms with Gasteiger partial charge >= 0.3 is 0 Å². The first kappa shape index (κ1) is 20.9. The number of anilines is 1. The van der Waals surface area contributed by atoms with E-state index in [9.17, 15) is 8.42 Å². The van der Waals surface area contributed by atoms with Crippen LogP contribution < -0.4 is 14.8 Å². The van der Waals surface area contributed by atoms with E-state index in [4.69, 9.17) is 9.47 Å². The van der Waals surface area contributed by atoms with Gasteiger partial charge in [-0.2, -0.15) is 4.31 Å². The van der Waals surface area contributed by atoms with E-state index in [0.717, 1.165) is 22.8 Å². The second kappa shape index (κ2) is 7.86. The summed E-state index contributed by atoms with van der Waals surface area (Å²) < 4.78 is 41.1. The molecule has 0 atom stereocenters. The molecule has 168 valence electrons. The number of methoxy groups -OCH3 is 1. The summed E-state index contributed by atoms with van der Waals surface area (Å²) in [6, 6.07) is 16.8. The van der Waals surface area contributed by atoms with Gasteiger partial charge in [-0.25, -0.2) is 8.42 Å². The van der Waals surface area contributed by atoms with Crippen molar-refractivity contribution in [3.05, 3.63) is 66.5 Å². The van der Waals surface area contributed by atoms with Crippen molar-refractivity contribution in [2.24, 2.45) is 0 Å². The van der Waals surface area contributed by atoms with Gasteiger partial charge < -0.3 is 19.4 Å². The van der Waals surface area contributed by atoms with Crippen LogP contribution in [0.1, 0.15) is 25.5 Å². The number of nitrogens with zero attached hydrogens (tertiary/aromatic N) is 2. The maximum absolute atomic E-state index is 13.2. The van der Waals surface area contributed by atoms with Gasteiger partial charge in [-0.1, -0.05) is 0 Å². The molecule has 0 aliphatic carbocycles. The van der Waals surface area contributed by atoms with Crippen molar-refractivity contribution < 1.29 is 17.9 Å². The number of nitrogens with one attached hydrogen (secondary N) is 1. The Kier molecular flexibility index (Phi) is 5.14. The normalized spacial score (nSPS) is 17.3. The van der Waals surface area contributed by atoms with Gasteiger partial charge in [-0.15, -0.1) is 0 Å². The highest BCUT2D eigenvalue weighted by Gasteiger charge is 2.43. The second-order valence-electron chi connectivity index (χ2n) is 8.16. The monoisotopic (exact) mass is 453 g/mol. The zero-order valence-electron chi connectivity index (χ0n) is 18.2. The lowest BCUT2D eigenvalue weighted by atomic mass is 9.83. The number of piperidine rings is 1. The minimum absolute atomic E-state index is 0.298.